The summed E-state index contributed by atoms with van der Waals surface area (Å²) in [6, 6.07) is 15.1. The topological polar surface area (TPSA) is 59.1 Å². The van der Waals surface area contributed by atoms with Gasteiger partial charge in [-0.25, -0.2) is 9.59 Å². The average Bonchev–Trinajstić information content (AvgIpc) is 3.45. The quantitative estimate of drug-likeness (QED) is 0.363. The predicted molar refractivity (Wildman–Crippen MR) is 139 cm³/mol. The molecule has 0 aliphatic carbocycles. The van der Waals surface area contributed by atoms with E-state index in [4.69, 9.17) is 23.2 Å². The molecular weight excluding hydrogens is 544 g/mol. The minimum Gasteiger partial charge on any atom is -0.463 e. The molecule has 0 aromatic heterocycles. The SMILES string of the molecule is CC.CCOC(=O)C(OC(=O)N1CC2CN(C(c3ccc(Cl)cc3)c3ccc(Cl)cc3)CC2C1)C(F)(F)F. The summed E-state index contributed by atoms with van der Waals surface area (Å²) in [5.41, 5.74) is 2.08. The van der Waals surface area contributed by atoms with E-state index in [1.165, 1.54) is 11.8 Å². The third-order valence-electron chi connectivity index (χ3n) is 6.53. The number of esters is 1. The van der Waals surface area contributed by atoms with Crippen LogP contribution in [0.25, 0.3) is 0 Å². The van der Waals surface area contributed by atoms with Gasteiger partial charge in [-0.3, -0.25) is 4.90 Å². The van der Waals surface area contributed by atoms with Crippen LogP contribution in [0, 0.1) is 11.8 Å². The molecule has 1 amide bonds. The maximum absolute atomic E-state index is 13.3. The van der Waals surface area contributed by atoms with E-state index in [1.807, 2.05) is 62.4 Å². The van der Waals surface area contributed by atoms with Crippen molar-refractivity contribution in [3.05, 3.63) is 69.7 Å². The van der Waals surface area contributed by atoms with Gasteiger partial charge >= 0.3 is 18.2 Å². The van der Waals surface area contributed by atoms with Crippen molar-refractivity contribution in [1.82, 2.24) is 9.80 Å². The van der Waals surface area contributed by atoms with Gasteiger partial charge in [0.15, 0.2) is 0 Å². The molecule has 4 rings (SSSR count). The summed E-state index contributed by atoms with van der Waals surface area (Å²) in [7, 11) is 0. The van der Waals surface area contributed by atoms with Crippen LogP contribution in [0.3, 0.4) is 0 Å². The lowest BCUT2D eigenvalue weighted by Crippen LogP contribution is -2.45. The highest BCUT2D eigenvalue weighted by atomic mass is 35.5. The molecule has 0 spiro atoms. The third kappa shape index (κ3) is 7.12. The zero-order valence-electron chi connectivity index (χ0n) is 21.4. The molecule has 208 valence electrons. The zero-order chi connectivity index (χ0) is 28.0. The molecule has 2 saturated heterocycles. The largest absolute Gasteiger partial charge is 0.463 e. The second-order valence-corrected chi connectivity index (χ2v) is 9.82. The first-order chi connectivity index (χ1) is 18.1. The van der Waals surface area contributed by atoms with Gasteiger partial charge in [0, 0.05) is 36.2 Å². The third-order valence-corrected chi connectivity index (χ3v) is 7.03. The first kappa shape index (κ1) is 30.1. The average molecular weight is 575 g/mol. The Morgan fingerprint density at radius 2 is 1.34 bits per heavy atom. The number of rotatable bonds is 6. The smallest absolute Gasteiger partial charge is 0.436 e. The van der Waals surface area contributed by atoms with Crippen LogP contribution in [-0.4, -0.2) is 66.9 Å². The molecule has 3 atom stereocenters. The highest BCUT2D eigenvalue weighted by molar-refractivity contribution is 6.30. The lowest BCUT2D eigenvalue weighted by molar-refractivity contribution is -0.218. The van der Waals surface area contributed by atoms with Crippen LogP contribution in [-0.2, 0) is 14.3 Å². The Balaban J connectivity index is 0.00000195. The van der Waals surface area contributed by atoms with Gasteiger partial charge in [0.25, 0.3) is 6.10 Å². The van der Waals surface area contributed by atoms with E-state index in [1.54, 1.807) is 0 Å². The Bertz CT molecular complexity index is 1020. The molecule has 38 heavy (non-hydrogen) atoms. The van der Waals surface area contributed by atoms with Crippen LogP contribution < -0.4 is 0 Å². The number of carbonyl (C=O) groups is 2. The molecule has 2 heterocycles. The Morgan fingerprint density at radius 3 is 1.74 bits per heavy atom. The number of alkyl halides is 3. The second kappa shape index (κ2) is 13.0. The molecule has 3 unspecified atom stereocenters. The van der Waals surface area contributed by atoms with E-state index in [2.05, 4.69) is 14.4 Å². The van der Waals surface area contributed by atoms with Crippen molar-refractivity contribution in [2.75, 3.05) is 32.8 Å². The molecule has 2 aliphatic heterocycles. The standard InChI is InChI=1S/C25H25Cl2F3N2O4.C2H6/c1-2-35-23(33)22(25(28,29)30)36-24(34)32-13-17-11-31(12-18(17)14-32)21(15-3-7-19(26)8-4-15)16-5-9-20(27)10-6-16;1-2/h3-10,17-18,21-22H,2,11-14H2,1H3;1-2H3. The van der Waals surface area contributed by atoms with Gasteiger partial charge in [0.1, 0.15) is 0 Å². The van der Waals surface area contributed by atoms with Crippen LogP contribution in [0.15, 0.2) is 48.5 Å². The van der Waals surface area contributed by atoms with Crippen molar-refractivity contribution in [2.24, 2.45) is 11.8 Å². The monoisotopic (exact) mass is 574 g/mol. The molecule has 2 aromatic carbocycles. The summed E-state index contributed by atoms with van der Waals surface area (Å²) in [4.78, 5) is 27.8. The first-order valence-corrected chi connectivity index (χ1v) is 13.3. The molecule has 11 heteroatoms. The Kier molecular flexibility index (Phi) is 10.3. The summed E-state index contributed by atoms with van der Waals surface area (Å²) in [5.74, 6) is -1.53. The number of likely N-dealkylation sites (tertiary alicyclic amines) is 2. The predicted octanol–water partition coefficient (Wildman–Crippen LogP) is 6.60. The van der Waals surface area contributed by atoms with Gasteiger partial charge in [-0.05, 0) is 54.2 Å². The van der Waals surface area contributed by atoms with Gasteiger partial charge in [0.2, 0.25) is 0 Å². The molecule has 0 bridgehead atoms. The Labute approximate surface area is 230 Å². The Morgan fingerprint density at radius 1 is 0.895 bits per heavy atom. The fourth-order valence-electron chi connectivity index (χ4n) is 4.94. The number of carbonyl (C=O) groups excluding carboxylic acids is 2. The minimum atomic E-state index is -5.06. The summed E-state index contributed by atoms with van der Waals surface area (Å²) in [5, 5.41) is 1.25. The fourth-order valence-corrected chi connectivity index (χ4v) is 5.19. The van der Waals surface area contributed by atoms with Crippen molar-refractivity contribution in [3.8, 4) is 0 Å². The van der Waals surface area contributed by atoms with Crippen LogP contribution in [0.5, 0.6) is 0 Å². The molecule has 2 fully saturated rings. The van der Waals surface area contributed by atoms with Crippen molar-refractivity contribution in [1.29, 1.82) is 0 Å². The van der Waals surface area contributed by atoms with Crippen LogP contribution in [0.1, 0.15) is 37.9 Å². The highest BCUT2D eigenvalue weighted by Crippen LogP contribution is 2.39. The van der Waals surface area contributed by atoms with Crippen molar-refractivity contribution in [3.63, 3.8) is 0 Å². The molecule has 2 aliphatic rings. The van der Waals surface area contributed by atoms with Gasteiger partial charge in [-0.15, -0.1) is 0 Å². The second-order valence-electron chi connectivity index (χ2n) is 8.94. The van der Waals surface area contributed by atoms with E-state index in [9.17, 15) is 22.8 Å². The van der Waals surface area contributed by atoms with E-state index < -0.39 is 24.3 Å². The normalized spacial score (nSPS) is 20.0. The number of benzene rings is 2. The van der Waals surface area contributed by atoms with Crippen molar-refractivity contribution in [2.45, 2.75) is 39.1 Å². The van der Waals surface area contributed by atoms with E-state index in [0.29, 0.717) is 23.1 Å². The van der Waals surface area contributed by atoms with Gasteiger partial charge < -0.3 is 14.4 Å². The van der Waals surface area contributed by atoms with Crippen LogP contribution in [0.4, 0.5) is 18.0 Å². The zero-order valence-corrected chi connectivity index (χ0v) is 22.9. The molecule has 2 aromatic rings. The number of hydrogen-bond acceptors (Lipinski definition) is 5. The molecule has 0 radical (unpaired) electrons. The summed E-state index contributed by atoms with van der Waals surface area (Å²) >= 11 is 12.2. The summed E-state index contributed by atoms with van der Waals surface area (Å²) in [6.07, 6.45) is -9.17. The van der Waals surface area contributed by atoms with Gasteiger partial charge in [-0.2, -0.15) is 13.2 Å². The Hall–Kier alpha value is -2.49. The molecule has 6 nitrogen and oxygen atoms in total. The van der Waals surface area contributed by atoms with Gasteiger partial charge in [0.05, 0.1) is 12.6 Å². The lowest BCUT2D eigenvalue weighted by atomic mass is 9.97. The van der Waals surface area contributed by atoms with Crippen molar-refractivity contribution < 1.29 is 32.2 Å². The number of ether oxygens (including phenoxy) is 2. The highest BCUT2D eigenvalue weighted by Gasteiger charge is 2.51. The number of amides is 1. The van der Waals surface area contributed by atoms with Crippen LogP contribution >= 0.6 is 23.2 Å². The summed E-state index contributed by atoms with van der Waals surface area (Å²) < 4.78 is 48.8. The van der Waals surface area contributed by atoms with E-state index in [0.717, 1.165) is 11.1 Å². The number of nitrogens with zero attached hydrogens (tertiary/aromatic N) is 2. The van der Waals surface area contributed by atoms with Crippen LogP contribution in [0.2, 0.25) is 10.0 Å². The maximum Gasteiger partial charge on any atom is 0.436 e. The number of hydrogen-bond donors (Lipinski definition) is 0. The lowest BCUT2D eigenvalue weighted by Gasteiger charge is -2.31. The molecule has 0 saturated carbocycles. The molecule has 0 N–H and O–H groups in total. The van der Waals surface area contributed by atoms with Gasteiger partial charge in [-0.1, -0.05) is 61.3 Å². The maximum atomic E-state index is 13.3. The molecular formula is C27H31Cl2F3N2O4. The first-order valence-electron chi connectivity index (χ1n) is 12.5. The summed E-state index contributed by atoms with van der Waals surface area (Å²) in [6.45, 7) is 6.86. The number of fused-ring (bicyclic) bond motifs is 1. The fraction of sp³-hybridized carbons (Fsp3) is 0.481. The van der Waals surface area contributed by atoms with E-state index >= 15 is 0 Å². The minimum absolute atomic E-state index is 0.0478. The van der Waals surface area contributed by atoms with E-state index in [-0.39, 0.29) is 37.6 Å². The number of halogens is 5. The van der Waals surface area contributed by atoms with Crippen molar-refractivity contribution >= 4 is 35.3 Å².